The molecule has 3 aliphatic rings. The summed E-state index contributed by atoms with van der Waals surface area (Å²) >= 11 is 0. The van der Waals surface area contributed by atoms with Crippen molar-refractivity contribution in [1.82, 2.24) is 26.2 Å². The van der Waals surface area contributed by atoms with Gasteiger partial charge in [0.2, 0.25) is 5.91 Å². The number of nitrogens with one attached hydrogen (secondary N) is 4. The van der Waals surface area contributed by atoms with Gasteiger partial charge in [0.05, 0.1) is 36.9 Å². The molecular formula is C44H80N6O16. The number of nitrogens with zero attached hydrogens (tertiary/aromatic N) is 1. The molecule has 22 nitrogen and oxygen atoms in total. The molecule has 0 aromatic carbocycles. The Morgan fingerprint density at radius 3 is 1.71 bits per heavy atom. The number of ether oxygens (including phenoxy) is 8. The Bertz CT molecular complexity index is 1640. The fourth-order valence-electron chi connectivity index (χ4n) is 7.81. The van der Waals surface area contributed by atoms with Crippen molar-refractivity contribution in [3.8, 4) is 0 Å². The third-order valence-corrected chi connectivity index (χ3v) is 10.5. The van der Waals surface area contributed by atoms with Crippen LogP contribution in [0.15, 0.2) is 0 Å². The zero-order chi connectivity index (χ0) is 50.3. The number of hydrogen-bond acceptors (Lipinski definition) is 17. The minimum absolute atomic E-state index is 0.0487. The predicted octanol–water partition coefficient (Wildman–Crippen LogP) is 2.51. The highest BCUT2D eigenvalue weighted by molar-refractivity contribution is 5.81. The first-order valence-electron chi connectivity index (χ1n) is 22.6. The second-order valence-electron chi connectivity index (χ2n) is 21.9. The largest absolute Gasteiger partial charge is 0.444 e. The second kappa shape index (κ2) is 22.6. The summed E-state index contributed by atoms with van der Waals surface area (Å²) in [5.74, 6) is -0.931. The Hall–Kier alpha value is -3.77. The van der Waals surface area contributed by atoms with E-state index in [1.807, 2.05) is 0 Å². The Kier molecular flexibility index (Phi) is 19.3. The van der Waals surface area contributed by atoms with Gasteiger partial charge in [-0.15, -0.1) is 0 Å². The monoisotopic (exact) mass is 949 g/mol. The van der Waals surface area contributed by atoms with Crippen molar-refractivity contribution in [1.29, 1.82) is 0 Å². The molecule has 3 fully saturated rings. The van der Waals surface area contributed by atoms with Crippen molar-refractivity contribution in [2.24, 2.45) is 11.1 Å². The third-order valence-electron chi connectivity index (χ3n) is 10.5. The number of alkyl carbamates (subject to hydrolysis) is 3. The first kappa shape index (κ1) is 56.6. The molecule has 0 aromatic heterocycles. The van der Waals surface area contributed by atoms with Crippen LogP contribution >= 0.6 is 0 Å². The maximum Gasteiger partial charge on any atom is 0.410 e. The average molecular weight is 949 g/mol. The van der Waals surface area contributed by atoms with Gasteiger partial charge in [-0.3, -0.25) is 4.79 Å². The SMILES string of the molecule is CN(C(=O)OC(C)(C)C)C1C(O)C(OC2C(NC(=O)C(O)CCNC(=O)OC(C)(C)C)CC(NC(=O)OC(C)(C)C)C(OC3OC(CN)CCC3NC(=O)OC(C)(C)C)C2O)OCC1(C)C. The average Bonchev–Trinajstić information content (AvgIpc) is 3.12. The summed E-state index contributed by atoms with van der Waals surface area (Å²) in [6.07, 6.45) is -14.2. The Balaban J connectivity index is 2.07. The number of amides is 5. The van der Waals surface area contributed by atoms with Gasteiger partial charge in [-0.1, -0.05) is 13.8 Å². The molecule has 2 heterocycles. The fourth-order valence-corrected chi connectivity index (χ4v) is 7.81. The normalized spacial score (nSPS) is 29.9. The quantitative estimate of drug-likeness (QED) is 0.123. The standard InChI is InChI=1S/C44H80N6O16/c1-40(2,3)63-36(55)46-19-18-27(51)33(54)47-25-20-26(49-38(57)65-42(7,8)9)31(61-34-24(17-16-23(21-45)60-34)48-37(56)64-41(4,5)6)28(52)30(25)62-35-29(53)32(44(13,14)22-59-35)50(15)39(58)66-43(10,11)12/h23-32,34-35,51-53H,16-22,45H2,1-15H3,(H,46,55)(H,47,54)(H,48,56)(H,49,57). The number of aliphatic hydroxyl groups excluding tert-OH is 3. The smallest absolute Gasteiger partial charge is 0.410 e. The topological polar surface area (TPSA) is 297 Å². The lowest BCUT2D eigenvalue weighted by Gasteiger charge is -2.51. The molecule has 22 heteroatoms. The molecular weight excluding hydrogens is 869 g/mol. The second-order valence-corrected chi connectivity index (χ2v) is 21.9. The molecule has 12 atom stereocenters. The molecule has 1 saturated carbocycles. The lowest BCUT2D eigenvalue weighted by molar-refractivity contribution is -0.306. The van der Waals surface area contributed by atoms with Crippen LogP contribution in [0.5, 0.6) is 0 Å². The molecule has 12 unspecified atom stereocenters. The van der Waals surface area contributed by atoms with Crippen LogP contribution in [-0.4, -0.2) is 173 Å². The summed E-state index contributed by atoms with van der Waals surface area (Å²) in [6, 6.07) is -4.24. The number of rotatable bonds is 13. The van der Waals surface area contributed by atoms with Gasteiger partial charge in [0, 0.05) is 25.6 Å². The number of likely N-dealkylation sites (N-methyl/N-ethyl adjacent to an activating group) is 1. The maximum atomic E-state index is 13.8. The zero-order valence-electron chi connectivity index (χ0n) is 41.6. The van der Waals surface area contributed by atoms with Gasteiger partial charge >= 0.3 is 24.4 Å². The van der Waals surface area contributed by atoms with E-state index in [-0.39, 0.29) is 32.5 Å². The molecule has 0 aromatic rings. The van der Waals surface area contributed by atoms with E-state index < -0.39 is 131 Å². The number of carbonyl (C=O) groups excluding carboxylic acids is 5. The lowest BCUT2D eigenvalue weighted by Crippen LogP contribution is -2.70. The van der Waals surface area contributed by atoms with Crippen LogP contribution in [0, 0.1) is 5.41 Å². The van der Waals surface area contributed by atoms with E-state index in [2.05, 4.69) is 21.3 Å². The molecule has 0 radical (unpaired) electrons. The number of carbonyl (C=O) groups is 5. The van der Waals surface area contributed by atoms with E-state index >= 15 is 0 Å². The first-order valence-corrected chi connectivity index (χ1v) is 22.6. The number of nitrogens with two attached hydrogens (primary N) is 1. The van der Waals surface area contributed by atoms with Crippen molar-refractivity contribution in [3.63, 3.8) is 0 Å². The minimum atomic E-state index is -1.80. The summed E-state index contributed by atoms with van der Waals surface area (Å²) < 4.78 is 47.2. The van der Waals surface area contributed by atoms with Crippen LogP contribution in [0.1, 0.15) is 123 Å². The van der Waals surface area contributed by atoms with E-state index in [1.165, 1.54) is 11.9 Å². The summed E-state index contributed by atoms with van der Waals surface area (Å²) in [7, 11) is 1.47. The van der Waals surface area contributed by atoms with E-state index in [4.69, 9.17) is 43.6 Å². The van der Waals surface area contributed by atoms with Crippen LogP contribution in [0.4, 0.5) is 19.2 Å². The van der Waals surface area contributed by atoms with Crippen LogP contribution < -0.4 is 27.0 Å². The number of hydrogen-bond donors (Lipinski definition) is 8. The highest BCUT2D eigenvalue weighted by Gasteiger charge is 2.54. The van der Waals surface area contributed by atoms with Crippen molar-refractivity contribution >= 4 is 30.3 Å². The summed E-state index contributed by atoms with van der Waals surface area (Å²) in [5, 5.41) is 46.2. The first-order chi connectivity index (χ1) is 30.1. The van der Waals surface area contributed by atoms with Gasteiger partial charge in [-0.2, -0.15) is 0 Å². The van der Waals surface area contributed by atoms with Crippen LogP contribution in [0.2, 0.25) is 0 Å². The van der Waals surface area contributed by atoms with Gasteiger partial charge in [0.25, 0.3) is 0 Å². The minimum Gasteiger partial charge on any atom is -0.444 e. The Morgan fingerprint density at radius 1 is 0.712 bits per heavy atom. The maximum absolute atomic E-state index is 13.8. The van der Waals surface area contributed by atoms with Gasteiger partial charge in [0.15, 0.2) is 12.6 Å². The fraction of sp³-hybridized carbons (Fsp3) is 0.886. The highest BCUT2D eigenvalue weighted by Crippen LogP contribution is 2.38. The Labute approximate surface area is 389 Å². The van der Waals surface area contributed by atoms with Crippen molar-refractivity contribution in [2.45, 2.75) is 218 Å². The molecule has 1 aliphatic carbocycles. The zero-order valence-corrected chi connectivity index (χ0v) is 41.6. The van der Waals surface area contributed by atoms with Gasteiger partial charge in [0.1, 0.15) is 52.9 Å². The van der Waals surface area contributed by atoms with Crippen LogP contribution in [0.25, 0.3) is 0 Å². The predicted molar refractivity (Wildman–Crippen MR) is 238 cm³/mol. The molecule has 2 saturated heterocycles. The molecule has 0 bridgehead atoms. The lowest BCUT2D eigenvalue weighted by atomic mass is 9.79. The Morgan fingerprint density at radius 2 is 1.20 bits per heavy atom. The van der Waals surface area contributed by atoms with Gasteiger partial charge in [-0.05, 0) is 109 Å². The molecule has 3 rings (SSSR count). The van der Waals surface area contributed by atoms with E-state index in [0.717, 1.165) is 0 Å². The molecule has 382 valence electrons. The van der Waals surface area contributed by atoms with E-state index in [1.54, 1.807) is 96.9 Å². The van der Waals surface area contributed by atoms with E-state index in [0.29, 0.717) is 12.8 Å². The summed E-state index contributed by atoms with van der Waals surface area (Å²) in [5.41, 5.74) is 1.71. The van der Waals surface area contributed by atoms with Crippen LogP contribution in [0.3, 0.4) is 0 Å². The van der Waals surface area contributed by atoms with Crippen molar-refractivity contribution < 1.29 is 77.2 Å². The van der Waals surface area contributed by atoms with Gasteiger partial charge < -0.3 is 85.1 Å². The summed E-state index contributed by atoms with van der Waals surface area (Å²) in [6.45, 7) is 23.7. The molecule has 2 aliphatic heterocycles. The summed E-state index contributed by atoms with van der Waals surface area (Å²) in [4.78, 5) is 67.1. The third kappa shape index (κ3) is 17.7. The number of aliphatic hydroxyl groups is 3. The molecule has 66 heavy (non-hydrogen) atoms. The highest BCUT2D eigenvalue weighted by atomic mass is 16.7. The van der Waals surface area contributed by atoms with Crippen molar-refractivity contribution in [3.05, 3.63) is 0 Å². The van der Waals surface area contributed by atoms with E-state index in [9.17, 15) is 39.3 Å². The van der Waals surface area contributed by atoms with Crippen molar-refractivity contribution in [2.75, 3.05) is 26.7 Å². The van der Waals surface area contributed by atoms with Crippen LogP contribution in [-0.2, 0) is 42.7 Å². The molecule has 5 amide bonds. The van der Waals surface area contributed by atoms with Gasteiger partial charge in [-0.25, -0.2) is 19.2 Å². The molecule has 0 spiro atoms. The molecule has 9 N–H and O–H groups in total.